The summed E-state index contributed by atoms with van der Waals surface area (Å²) in [5.74, 6) is 1.75. The summed E-state index contributed by atoms with van der Waals surface area (Å²) < 4.78 is 75.9. The molecule has 582 valence electrons. The third kappa shape index (κ3) is 24.8. The van der Waals surface area contributed by atoms with E-state index in [9.17, 15) is 41.4 Å². The lowest BCUT2D eigenvalue weighted by Crippen LogP contribution is -2.40. The molecule has 3 unspecified atom stereocenters. The first-order chi connectivity index (χ1) is 50.8. The summed E-state index contributed by atoms with van der Waals surface area (Å²) in [4.78, 5) is 36.8. The highest BCUT2D eigenvalue weighted by molar-refractivity contribution is 9.42. The number of phenolic OH excluding ortho intramolecular Hbond substituents is 2. The van der Waals surface area contributed by atoms with Gasteiger partial charge in [-0.2, -0.15) is 17.8 Å². The predicted molar refractivity (Wildman–Crippen MR) is 438 cm³/mol. The smallest absolute Gasteiger partial charge is 0.451 e. The van der Waals surface area contributed by atoms with Crippen molar-refractivity contribution in [2.45, 2.75) is 192 Å². The quantitative estimate of drug-likeness (QED) is 0.0160. The van der Waals surface area contributed by atoms with Crippen LogP contribution >= 0.6 is 59.4 Å². The van der Waals surface area contributed by atoms with Crippen LogP contribution in [0.4, 0.5) is 23.8 Å². The van der Waals surface area contributed by atoms with Crippen molar-refractivity contribution in [1.82, 2.24) is 45.8 Å². The van der Waals surface area contributed by atoms with Gasteiger partial charge in [-0.05, 0) is 212 Å². The van der Waals surface area contributed by atoms with E-state index in [1.165, 1.54) is 18.1 Å². The lowest BCUT2D eigenvalue weighted by atomic mass is 9.78. The van der Waals surface area contributed by atoms with Crippen molar-refractivity contribution >= 4 is 114 Å². The number of amides is 3. The molecule has 0 aliphatic heterocycles. The fourth-order valence-electron chi connectivity index (χ4n) is 12.2. The first-order valence-corrected chi connectivity index (χ1v) is 40.4. The van der Waals surface area contributed by atoms with Gasteiger partial charge in [-0.15, -0.1) is 5.10 Å². The number of phenols is 2. The number of hydrogen-bond acceptors (Lipinski definition) is 13. The summed E-state index contributed by atoms with van der Waals surface area (Å²) >= 11 is 15.5. The summed E-state index contributed by atoms with van der Waals surface area (Å²) in [7, 11) is -3.55. The minimum atomic E-state index is -4.71. The van der Waals surface area contributed by atoms with Gasteiger partial charge in [0.05, 0.1) is 22.7 Å². The van der Waals surface area contributed by atoms with Crippen LogP contribution in [0.3, 0.4) is 0 Å². The number of benzene rings is 7. The molecule has 0 saturated carbocycles. The normalized spacial score (nSPS) is 12.6. The van der Waals surface area contributed by atoms with Crippen molar-refractivity contribution in [3.63, 3.8) is 0 Å². The Balaban J connectivity index is 0.000000205. The number of hydrazine groups is 1. The molecule has 3 amide bonds. The molecule has 0 bridgehead atoms. The fourth-order valence-corrected chi connectivity index (χ4v) is 15.0. The number of urea groups is 1. The van der Waals surface area contributed by atoms with Crippen LogP contribution in [0.15, 0.2) is 132 Å². The molecule has 0 spiro atoms. The van der Waals surface area contributed by atoms with E-state index in [0.717, 1.165) is 111 Å². The van der Waals surface area contributed by atoms with E-state index in [1.807, 2.05) is 122 Å². The van der Waals surface area contributed by atoms with Crippen molar-refractivity contribution in [3.8, 4) is 23.0 Å². The molecular formula is C82H101Br3ClF3N10O8S. The van der Waals surface area contributed by atoms with Crippen molar-refractivity contribution in [1.29, 1.82) is 0 Å². The largest absolute Gasteiger partial charge is 0.507 e. The lowest BCUT2D eigenvalue weighted by Gasteiger charge is -2.27. The van der Waals surface area contributed by atoms with Gasteiger partial charge in [0.2, 0.25) is 17.1 Å². The fraction of sp³-hybridized carbons (Fsp3) is 0.415. The molecule has 7 N–H and O–H groups in total. The predicted octanol–water partition coefficient (Wildman–Crippen LogP) is 21.4. The van der Waals surface area contributed by atoms with Crippen molar-refractivity contribution in [2.24, 2.45) is 11.3 Å². The van der Waals surface area contributed by atoms with Crippen LogP contribution in [-0.4, -0.2) is 87.6 Å². The number of sulfone groups is 1. The Morgan fingerprint density at radius 3 is 1.84 bits per heavy atom. The summed E-state index contributed by atoms with van der Waals surface area (Å²) in [5, 5.41) is 37.4. The number of halogens is 7. The Morgan fingerprint density at radius 2 is 1.26 bits per heavy atom. The minimum Gasteiger partial charge on any atom is -0.507 e. The van der Waals surface area contributed by atoms with E-state index in [-0.39, 0.29) is 34.0 Å². The topological polar surface area (TPSA) is 247 Å². The Bertz CT molecular complexity index is 4770. The molecule has 3 heterocycles. The number of alkyl halides is 6. The number of fused-ring (bicyclic) bond motifs is 3. The Hall–Kier alpha value is -7.97. The van der Waals surface area contributed by atoms with Gasteiger partial charge in [-0.3, -0.25) is 20.7 Å². The van der Waals surface area contributed by atoms with Crippen molar-refractivity contribution in [2.75, 3.05) is 25.1 Å². The van der Waals surface area contributed by atoms with Crippen LogP contribution in [0.2, 0.25) is 5.02 Å². The van der Waals surface area contributed by atoms with E-state index in [2.05, 4.69) is 161 Å². The summed E-state index contributed by atoms with van der Waals surface area (Å²) in [5.41, 5.74) is 16.9. The van der Waals surface area contributed by atoms with Crippen molar-refractivity contribution in [3.05, 3.63) is 205 Å². The average Bonchev–Trinajstić information content (AvgIpc) is 0.898. The monoisotopic (exact) mass is 1710 g/mol. The van der Waals surface area contributed by atoms with Crippen LogP contribution < -0.4 is 31.0 Å². The van der Waals surface area contributed by atoms with Gasteiger partial charge in [0.25, 0.3) is 5.91 Å². The number of nitrogens with zero attached hydrogens (tertiary/aromatic N) is 5. The number of aromatic hydroxyl groups is 2. The number of aromatic amines is 1. The first kappa shape index (κ1) is 87.3. The molecule has 10 aromatic rings. The zero-order valence-electron chi connectivity index (χ0n) is 64.1. The number of hydrogen-bond donors (Lipinski definition) is 7. The summed E-state index contributed by atoms with van der Waals surface area (Å²) in [6.45, 7) is 32.4. The van der Waals surface area contributed by atoms with Gasteiger partial charge in [0.15, 0.2) is 23.4 Å². The zero-order valence-corrected chi connectivity index (χ0v) is 70.4. The summed E-state index contributed by atoms with van der Waals surface area (Å²) in [6, 6.07) is 38.3. The summed E-state index contributed by atoms with van der Waals surface area (Å²) in [6.07, 6.45) is 3.58. The van der Waals surface area contributed by atoms with Crippen LogP contribution in [0, 0.1) is 73.6 Å². The molecule has 7 aromatic carbocycles. The Kier molecular flexibility index (Phi) is 31.6. The van der Waals surface area contributed by atoms with Crippen molar-refractivity contribution < 1.29 is 50.9 Å². The number of H-pyrrole nitrogens is 1. The van der Waals surface area contributed by atoms with Crippen LogP contribution in [0.5, 0.6) is 23.0 Å². The maximum absolute atomic E-state index is 13.0. The maximum Gasteiger partial charge on any atom is 0.451 e. The number of carbonyl (C=O) groups is 2. The minimum absolute atomic E-state index is 0.0211. The molecule has 3 aromatic heterocycles. The number of rotatable bonds is 25. The highest BCUT2D eigenvalue weighted by Gasteiger charge is 2.39. The number of aromatic nitrogens is 6. The number of ether oxygens (including phenoxy) is 2. The van der Waals surface area contributed by atoms with Gasteiger partial charge in [-0.1, -0.05) is 198 Å². The van der Waals surface area contributed by atoms with E-state index in [4.69, 9.17) is 21.1 Å². The third-order valence-electron chi connectivity index (χ3n) is 18.1. The van der Waals surface area contributed by atoms with Gasteiger partial charge in [-0.25, -0.2) is 28.2 Å². The van der Waals surface area contributed by atoms with Gasteiger partial charge >= 0.3 is 12.2 Å². The first-order valence-electron chi connectivity index (χ1n) is 36.1. The van der Waals surface area contributed by atoms with Gasteiger partial charge in [0.1, 0.15) is 28.0 Å². The molecular weight excluding hydrogens is 1620 g/mol. The van der Waals surface area contributed by atoms with E-state index in [1.54, 1.807) is 41.0 Å². The molecule has 0 fully saturated rings. The molecule has 10 rings (SSSR count). The molecule has 0 saturated heterocycles. The highest BCUT2D eigenvalue weighted by atomic mass is 80.0. The second-order valence-electron chi connectivity index (χ2n) is 29.0. The van der Waals surface area contributed by atoms with E-state index >= 15 is 0 Å². The number of anilines is 1. The third-order valence-corrected chi connectivity index (χ3v) is 23.9. The van der Waals surface area contributed by atoms with Gasteiger partial charge in [0, 0.05) is 46.8 Å². The molecule has 0 aliphatic rings. The molecule has 26 heteroatoms. The molecule has 3 atom stereocenters. The second-order valence-corrected chi connectivity index (χ2v) is 39.7. The number of aryl methyl sites for hydroxylation is 9. The standard InChI is InChI=1S/C26H38O2.C24H34ClN5O2.C21H22F3N5O2.C11H7Br3O2S/c1-16(9-10-26(6,7)8)13-21(22-14-17(2)11-19(4)24(22)27)23-15-18(3)12-20(5)25(23)28;1-6-7-8-9-10-20(32-19-12-11-15(2)13-16(19)3)24(31)26-14-17(4)22-27-23-21(25)18(5)28-30(23)29-22;1-13-8-9-17(14(2)12-13)31-11-5-10-25-20(30)29-28-18-15-6-3-4-7-16(15)26-19(27-18)21(22,23)24;12-11(13,14)17(15,16)10-7-3-5-8-4-1-2-6-9(8)10/h11-12,14-16,21,27-28H,9-10,13H2,1-8H3;11-13,17,20,28H,6-10,14H2,1-5H3,(H,26,31);3-4,6-9,12H,5,10-11H2,1-2H3,(H2,25,29,30)(H,26,27,28);1-7H. The molecule has 18 nitrogen and oxygen atoms in total. The van der Waals surface area contributed by atoms with Crippen LogP contribution in [-0.2, 0) is 20.8 Å². The van der Waals surface area contributed by atoms with Gasteiger partial charge < -0.3 is 30.3 Å². The number of unbranched alkanes of at least 4 members (excludes halogenated alkanes) is 3. The molecule has 108 heavy (non-hydrogen) atoms. The maximum atomic E-state index is 13.0. The Labute approximate surface area is 663 Å². The molecule has 0 aliphatic carbocycles. The number of nitrogens with one attached hydrogen (secondary N) is 5. The van der Waals surface area contributed by atoms with E-state index in [0.29, 0.717) is 82.6 Å². The molecule has 0 radical (unpaired) electrons. The SMILES string of the molecule is CCCCCCC(Oc1ccc(C)cc1C)C(=O)NCC(C)c1nc2c(Cl)c(C)[nH]n2n1.Cc1cc(C)c(O)c(C(CC(C)CCC(C)(C)C)c2cc(C)cc(C)c2O)c1.Cc1ccc(OCCCNC(=O)NNc2nc(C(F)(F)F)nc3ccccc23)c(C)c1.O=S(=O)(c1cccc2ccccc12)C(Br)(Br)Br. The number of carbonyl (C=O) groups excluding carboxylic acids is 2. The lowest BCUT2D eigenvalue weighted by molar-refractivity contribution is -0.144. The zero-order chi connectivity index (χ0) is 79.6. The van der Waals surface area contributed by atoms with Crippen LogP contribution in [0.1, 0.15) is 184 Å². The Morgan fingerprint density at radius 1 is 0.676 bits per heavy atom. The van der Waals surface area contributed by atoms with Crippen LogP contribution in [0.25, 0.3) is 27.3 Å². The average molecular weight is 1720 g/mol. The number of para-hydroxylation sites is 1. The van der Waals surface area contributed by atoms with E-state index < -0.39 is 35.4 Å². The highest BCUT2D eigenvalue weighted by Crippen LogP contribution is 2.46. The second kappa shape index (κ2) is 39.1.